The Labute approximate surface area is 82.3 Å². The van der Waals surface area contributed by atoms with E-state index in [2.05, 4.69) is 9.97 Å². The highest BCUT2D eigenvalue weighted by atomic mass is 16.2. The second-order valence-electron chi connectivity index (χ2n) is 3.63. The monoisotopic (exact) mass is 194 g/mol. The van der Waals surface area contributed by atoms with E-state index < -0.39 is 0 Å². The number of imidazole rings is 1. The third-order valence-corrected chi connectivity index (χ3v) is 2.45. The molecule has 1 aromatic rings. The minimum absolute atomic E-state index is 0.0178. The Morgan fingerprint density at radius 3 is 3.14 bits per heavy atom. The zero-order chi connectivity index (χ0) is 9.97. The largest absolute Gasteiger partial charge is 0.348 e. The van der Waals surface area contributed by atoms with Crippen LogP contribution in [0.3, 0.4) is 0 Å². The van der Waals surface area contributed by atoms with Gasteiger partial charge in [-0.2, -0.15) is 0 Å². The molecule has 1 saturated heterocycles. The molecule has 3 N–H and O–H groups in total. The third-order valence-electron chi connectivity index (χ3n) is 2.45. The smallest absolute Gasteiger partial charge is 0.224 e. The maximum Gasteiger partial charge on any atom is 0.224 e. The normalized spacial score (nSPS) is 21.9. The summed E-state index contributed by atoms with van der Waals surface area (Å²) in [6.45, 7) is 1.42. The molecule has 14 heavy (non-hydrogen) atoms. The lowest BCUT2D eigenvalue weighted by molar-refractivity contribution is -0.127. The van der Waals surface area contributed by atoms with Gasteiger partial charge in [-0.3, -0.25) is 4.79 Å². The summed E-state index contributed by atoms with van der Waals surface area (Å²) in [7, 11) is 0. The van der Waals surface area contributed by atoms with Crippen LogP contribution in [0.2, 0.25) is 0 Å². The Bertz CT molecular complexity index is 309. The topological polar surface area (TPSA) is 75.0 Å². The lowest BCUT2D eigenvalue weighted by Gasteiger charge is -2.14. The van der Waals surface area contributed by atoms with Gasteiger partial charge in [-0.1, -0.05) is 0 Å². The zero-order valence-electron chi connectivity index (χ0n) is 7.94. The van der Waals surface area contributed by atoms with Crippen molar-refractivity contribution in [2.75, 3.05) is 13.1 Å². The maximum atomic E-state index is 11.4. The van der Waals surface area contributed by atoms with Gasteiger partial charge >= 0.3 is 0 Å². The highest BCUT2D eigenvalue weighted by Crippen LogP contribution is 2.09. The Balaban J connectivity index is 1.84. The van der Waals surface area contributed by atoms with Crippen LogP contribution in [-0.4, -0.2) is 39.9 Å². The van der Waals surface area contributed by atoms with Gasteiger partial charge in [0.1, 0.15) is 0 Å². The van der Waals surface area contributed by atoms with Gasteiger partial charge in [0.05, 0.1) is 6.33 Å². The van der Waals surface area contributed by atoms with Crippen LogP contribution in [0, 0.1) is 0 Å². The summed E-state index contributed by atoms with van der Waals surface area (Å²) >= 11 is 0. The molecule has 76 valence electrons. The number of carbonyl (C=O) groups is 1. The highest BCUT2D eigenvalue weighted by molar-refractivity contribution is 5.79. The molecule has 2 heterocycles. The first-order valence-electron chi connectivity index (χ1n) is 4.76. The molecule has 0 aliphatic carbocycles. The number of aromatic nitrogens is 2. The third kappa shape index (κ3) is 1.93. The highest BCUT2D eigenvalue weighted by Gasteiger charge is 2.26. The number of hydrogen-bond acceptors (Lipinski definition) is 3. The fourth-order valence-electron chi connectivity index (χ4n) is 1.70. The van der Waals surface area contributed by atoms with Crippen molar-refractivity contribution < 1.29 is 4.79 Å². The maximum absolute atomic E-state index is 11.4. The van der Waals surface area contributed by atoms with Crippen LogP contribution in [-0.2, 0) is 11.2 Å². The predicted molar refractivity (Wildman–Crippen MR) is 51.5 cm³/mol. The van der Waals surface area contributed by atoms with E-state index in [1.807, 2.05) is 4.90 Å². The lowest BCUT2D eigenvalue weighted by Crippen LogP contribution is -2.30. The summed E-state index contributed by atoms with van der Waals surface area (Å²) in [5.41, 5.74) is 6.74. The van der Waals surface area contributed by atoms with E-state index in [1.165, 1.54) is 0 Å². The number of H-pyrrole nitrogens is 1. The van der Waals surface area contributed by atoms with Crippen molar-refractivity contribution in [3.63, 3.8) is 0 Å². The van der Waals surface area contributed by atoms with Gasteiger partial charge in [0, 0.05) is 43.9 Å². The van der Waals surface area contributed by atoms with E-state index >= 15 is 0 Å². The van der Waals surface area contributed by atoms with Crippen LogP contribution < -0.4 is 5.73 Å². The van der Waals surface area contributed by atoms with Gasteiger partial charge in [0.25, 0.3) is 0 Å². The second-order valence-corrected chi connectivity index (χ2v) is 3.63. The summed E-state index contributed by atoms with van der Waals surface area (Å²) in [6, 6.07) is 0.0178. The van der Waals surface area contributed by atoms with Crippen LogP contribution >= 0.6 is 0 Å². The summed E-state index contributed by atoms with van der Waals surface area (Å²) in [5.74, 6) is 0.164. The summed E-state index contributed by atoms with van der Waals surface area (Å²) < 4.78 is 0. The molecule has 1 fully saturated rings. The molecule has 2 rings (SSSR count). The standard InChI is InChI=1S/C9H14N4O/c10-7-3-9(14)13(5-7)2-1-8-4-11-6-12-8/h4,6-7H,1-3,5,10H2,(H,11,12). The van der Waals surface area contributed by atoms with Crippen molar-refractivity contribution in [3.8, 4) is 0 Å². The van der Waals surface area contributed by atoms with Gasteiger partial charge in [-0.05, 0) is 0 Å². The second kappa shape index (κ2) is 3.79. The molecule has 1 amide bonds. The van der Waals surface area contributed by atoms with Gasteiger partial charge in [-0.15, -0.1) is 0 Å². The average Bonchev–Trinajstić information content (AvgIpc) is 2.72. The fraction of sp³-hybridized carbons (Fsp3) is 0.556. The van der Waals surface area contributed by atoms with E-state index in [0.717, 1.165) is 18.7 Å². The van der Waals surface area contributed by atoms with E-state index in [4.69, 9.17) is 5.73 Å². The SMILES string of the molecule is NC1CC(=O)N(CCc2cnc[nH]2)C1. The number of amides is 1. The van der Waals surface area contributed by atoms with Gasteiger partial charge in [0.15, 0.2) is 0 Å². The number of rotatable bonds is 3. The molecule has 1 aromatic heterocycles. The fourth-order valence-corrected chi connectivity index (χ4v) is 1.70. The van der Waals surface area contributed by atoms with E-state index in [0.29, 0.717) is 13.0 Å². The molecular formula is C9H14N4O. The molecule has 0 bridgehead atoms. The molecule has 1 aliphatic heterocycles. The number of nitrogens with two attached hydrogens (primary N) is 1. The van der Waals surface area contributed by atoms with Crippen LogP contribution in [0.25, 0.3) is 0 Å². The van der Waals surface area contributed by atoms with Crippen molar-refractivity contribution in [3.05, 3.63) is 18.2 Å². The van der Waals surface area contributed by atoms with E-state index in [1.54, 1.807) is 12.5 Å². The summed E-state index contributed by atoms with van der Waals surface area (Å²) in [4.78, 5) is 20.1. The van der Waals surface area contributed by atoms with Gasteiger partial charge < -0.3 is 15.6 Å². The Kier molecular flexibility index (Phi) is 2.49. The van der Waals surface area contributed by atoms with Crippen LogP contribution in [0.1, 0.15) is 12.1 Å². The number of carbonyl (C=O) groups excluding carboxylic acids is 1. The summed E-state index contributed by atoms with van der Waals surface area (Å²) in [5, 5.41) is 0. The number of nitrogens with zero attached hydrogens (tertiary/aromatic N) is 2. The molecule has 0 aromatic carbocycles. The van der Waals surface area contributed by atoms with Gasteiger partial charge in [0.2, 0.25) is 5.91 Å². The minimum Gasteiger partial charge on any atom is -0.348 e. The predicted octanol–water partition coefficient (Wildman–Crippen LogP) is -0.488. The van der Waals surface area contributed by atoms with Crippen molar-refractivity contribution in [1.29, 1.82) is 0 Å². The first-order chi connectivity index (χ1) is 6.75. The number of aromatic amines is 1. The Morgan fingerprint density at radius 2 is 2.57 bits per heavy atom. The van der Waals surface area contributed by atoms with Crippen molar-refractivity contribution in [2.45, 2.75) is 18.9 Å². The van der Waals surface area contributed by atoms with Gasteiger partial charge in [-0.25, -0.2) is 4.98 Å². The molecular weight excluding hydrogens is 180 g/mol. The molecule has 1 unspecified atom stereocenters. The molecule has 1 aliphatic rings. The van der Waals surface area contributed by atoms with Crippen LogP contribution in [0.5, 0.6) is 0 Å². The van der Waals surface area contributed by atoms with Crippen molar-refractivity contribution in [2.24, 2.45) is 5.73 Å². The molecule has 5 heteroatoms. The van der Waals surface area contributed by atoms with Crippen molar-refractivity contribution in [1.82, 2.24) is 14.9 Å². The average molecular weight is 194 g/mol. The number of hydrogen-bond donors (Lipinski definition) is 2. The van der Waals surface area contributed by atoms with E-state index in [-0.39, 0.29) is 11.9 Å². The van der Waals surface area contributed by atoms with Crippen LogP contribution in [0.4, 0.5) is 0 Å². The Morgan fingerprint density at radius 1 is 1.71 bits per heavy atom. The molecule has 0 saturated carbocycles. The number of likely N-dealkylation sites (tertiary alicyclic amines) is 1. The Hall–Kier alpha value is -1.36. The van der Waals surface area contributed by atoms with Crippen LogP contribution in [0.15, 0.2) is 12.5 Å². The molecule has 0 radical (unpaired) electrons. The number of nitrogens with one attached hydrogen (secondary N) is 1. The lowest BCUT2D eigenvalue weighted by atomic mass is 10.3. The first-order valence-corrected chi connectivity index (χ1v) is 4.76. The minimum atomic E-state index is 0.0178. The molecule has 1 atom stereocenters. The zero-order valence-corrected chi connectivity index (χ0v) is 7.94. The van der Waals surface area contributed by atoms with E-state index in [9.17, 15) is 4.79 Å². The first kappa shape index (κ1) is 9.21. The molecule has 5 nitrogen and oxygen atoms in total. The van der Waals surface area contributed by atoms with Crippen molar-refractivity contribution >= 4 is 5.91 Å². The molecule has 0 spiro atoms. The summed E-state index contributed by atoms with van der Waals surface area (Å²) in [6.07, 6.45) is 4.73. The quantitative estimate of drug-likeness (QED) is 0.682.